The van der Waals surface area contributed by atoms with E-state index >= 15 is 0 Å². The van der Waals surface area contributed by atoms with Crippen molar-refractivity contribution < 1.29 is 9.53 Å². The van der Waals surface area contributed by atoms with Gasteiger partial charge in [-0.25, -0.2) is 9.80 Å². The molecular weight excluding hydrogens is 302 g/mol. The number of urea groups is 1. The van der Waals surface area contributed by atoms with E-state index in [1.54, 1.807) is 9.91 Å². The molecule has 1 saturated heterocycles. The van der Waals surface area contributed by atoms with Gasteiger partial charge in [-0.15, -0.1) is 0 Å². The van der Waals surface area contributed by atoms with Crippen LogP contribution in [0, 0.1) is 0 Å². The van der Waals surface area contributed by atoms with Crippen LogP contribution in [0.25, 0.3) is 0 Å². The monoisotopic (exact) mass is 321 g/mol. The van der Waals surface area contributed by atoms with Crippen LogP contribution in [0.4, 0.5) is 4.79 Å². The van der Waals surface area contributed by atoms with Crippen molar-refractivity contribution in [2.24, 2.45) is 5.10 Å². The van der Waals surface area contributed by atoms with Gasteiger partial charge in [0.2, 0.25) is 0 Å². The Morgan fingerprint density at radius 1 is 1.00 bits per heavy atom. The molecule has 2 aliphatic heterocycles. The van der Waals surface area contributed by atoms with Crippen molar-refractivity contribution in [3.8, 4) is 5.75 Å². The molecule has 2 amide bonds. The maximum atomic E-state index is 12.7. The summed E-state index contributed by atoms with van der Waals surface area (Å²) in [7, 11) is 0. The van der Waals surface area contributed by atoms with Crippen LogP contribution in [-0.4, -0.2) is 41.3 Å². The highest BCUT2D eigenvalue weighted by Crippen LogP contribution is 2.30. The Labute approximate surface area is 141 Å². The van der Waals surface area contributed by atoms with Crippen LogP contribution in [0.3, 0.4) is 0 Å². The number of para-hydroxylation sites is 1. The fraction of sp³-hybridized carbons (Fsp3) is 0.263. The first-order valence-corrected chi connectivity index (χ1v) is 8.18. The number of rotatable bonds is 3. The van der Waals surface area contributed by atoms with Crippen molar-refractivity contribution in [3.63, 3.8) is 0 Å². The lowest BCUT2D eigenvalue weighted by Crippen LogP contribution is -2.58. The van der Waals surface area contributed by atoms with Crippen molar-refractivity contribution in [1.29, 1.82) is 0 Å². The Morgan fingerprint density at radius 3 is 2.38 bits per heavy atom. The quantitative estimate of drug-likeness (QED) is 0.870. The third-order valence-corrected chi connectivity index (χ3v) is 4.37. The molecule has 4 rings (SSSR count). The summed E-state index contributed by atoms with van der Waals surface area (Å²) in [6, 6.07) is 19.7. The lowest BCUT2D eigenvalue weighted by atomic mass is 10.0. The molecule has 2 aromatic rings. The Balaban J connectivity index is 1.36. The number of carbonyl (C=O) groups is 1. The number of nitrogens with zero attached hydrogens (tertiary/aromatic N) is 3. The topological polar surface area (TPSA) is 45.1 Å². The number of hydrogen-bond acceptors (Lipinski definition) is 3. The first-order chi connectivity index (χ1) is 11.8. The van der Waals surface area contributed by atoms with Gasteiger partial charge in [-0.2, -0.15) is 5.10 Å². The zero-order chi connectivity index (χ0) is 16.4. The Hall–Kier alpha value is -2.82. The number of carbonyl (C=O) groups excluding carboxylic acids is 1. The van der Waals surface area contributed by atoms with E-state index in [4.69, 9.17) is 4.74 Å². The first-order valence-electron chi connectivity index (χ1n) is 8.18. The molecule has 0 radical (unpaired) electrons. The summed E-state index contributed by atoms with van der Waals surface area (Å²) < 4.78 is 5.85. The molecule has 0 bridgehead atoms. The third kappa shape index (κ3) is 2.85. The minimum Gasteiger partial charge on any atom is -0.487 e. The smallest absolute Gasteiger partial charge is 0.341 e. The zero-order valence-electron chi connectivity index (χ0n) is 13.3. The van der Waals surface area contributed by atoms with Gasteiger partial charge < -0.3 is 9.64 Å². The highest BCUT2D eigenvalue weighted by molar-refractivity contribution is 5.79. The van der Waals surface area contributed by atoms with E-state index in [0.717, 1.165) is 17.7 Å². The van der Waals surface area contributed by atoms with E-state index in [-0.39, 0.29) is 18.2 Å². The molecule has 0 saturated carbocycles. The van der Waals surface area contributed by atoms with Crippen LogP contribution in [0.1, 0.15) is 18.0 Å². The molecule has 2 aromatic carbocycles. The average Bonchev–Trinajstić information content (AvgIpc) is 3.09. The minimum absolute atomic E-state index is 0.00667. The highest BCUT2D eigenvalue weighted by atomic mass is 16.5. The van der Waals surface area contributed by atoms with Gasteiger partial charge in [0.25, 0.3) is 0 Å². The number of hydrogen-bond donors (Lipinski definition) is 0. The average molecular weight is 321 g/mol. The largest absolute Gasteiger partial charge is 0.487 e. The van der Waals surface area contributed by atoms with E-state index in [1.165, 1.54) is 0 Å². The molecular formula is C19H19N3O2. The fourth-order valence-corrected chi connectivity index (χ4v) is 3.06. The van der Waals surface area contributed by atoms with E-state index in [1.807, 2.05) is 66.9 Å². The lowest BCUT2D eigenvalue weighted by Gasteiger charge is -2.41. The van der Waals surface area contributed by atoms with Gasteiger partial charge in [0.1, 0.15) is 11.9 Å². The molecule has 0 aliphatic carbocycles. The second-order valence-corrected chi connectivity index (χ2v) is 6.05. The molecule has 122 valence electrons. The van der Waals surface area contributed by atoms with E-state index < -0.39 is 0 Å². The minimum atomic E-state index is -0.0504. The Bertz CT molecular complexity index is 727. The molecule has 2 aliphatic rings. The maximum absolute atomic E-state index is 12.7. The summed E-state index contributed by atoms with van der Waals surface area (Å²) in [5.41, 5.74) is 1.11. The normalized spacial score (nSPS) is 20.1. The second-order valence-electron chi connectivity index (χ2n) is 6.05. The number of benzene rings is 2. The first kappa shape index (κ1) is 14.8. The molecule has 0 N–H and O–H groups in total. The van der Waals surface area contributed by atoms with Gasteiger partial charge in [0.05, 0.1) is 19.1 Å². The van der Waals surface area contributed by atoms with Gasteiger partial charge in [0.15, 0.2) is 0 Å². The van der Waals surface area contributed by atoms with Gasteiger partial charge >= 0.3 is 6.03 Å². The van der Waals surface area contributed by atoms with E-state index in [2.05, 4.69) is 5.10 Å². The van der Waals surface area contributed by atoms with E-state index in [9.17, 15) is 4.79 Å². The standard InChI is InChI=1S/C19H19N3O2/c23-19(21-13-17(14-21)24-16-9-5-2-6-10-16)22-18(11-12-20-22)15-7-3-1-4-8-15/h1-10,12,17-18H,11,13-14H2. The number of ether oxygens (including phenoxy) is 1. The summed E-state index contributed by atoms with van der Waals surface area (Å²) in [6.45, 7) is 1.20. The maximum Gasteiger partial charge on any atom is 0.341 e. The summed E-state index contributed by atoms with van der Waals surface area (Å²) in [5.74, 6) is 0.843. The molecule has 1 atom stereocenters. The summed E-state index contributed by atoms with van der Waals surface area (Å²) in [6.07, 6.45) is 2.62. The van der Waals surface area contributed by atoms with Gasteiger partial charge in [-0.3, -0.25) is 0 Å². The number of likely N-dealkylation sites (tertiary alicyclic amines) is 1. The van der Waals surface area contributed by atoms with Crippen molar-refractivity contribution in [2.75, 3.05) is 13.1 Å². The molecule has 5 heteroatoms. The van der Waals surface area contributed by atoms with Crippen molar-refractivity contribution in [3.05, 3.63) is 66.2 Å². The van der Waals surface area contributed by atoms with Crippen LogP contribution >= 0.6 is 0 Å². The number of hydrazone groups is 1. The van der Waals surface area contributed by atoms with Gasteiger partial charge in [-0.05, 0) is 17.7 Å². The molecule has 1 unspecified atom stereocenters. The molecule has 0 spiro atoms. The zero-order valence-corrected chi connectivity index (χ0v) is 13.3. The Morgan fingerprint density at radius 2 is 1.67 bits per heavy atom. The van der Waals surface area contributed by atoms with E-state index in [0.29, 0.717) is 13.1 Å². The molecule has 5 nitrogen and oxygen atoms in total. The summed E-state index contributed by atoms with van der Waals surface area (Å²) in [5, 5.41) is 5.87. The van der Waals surface area contributed by atoms with Crippen LogP contribution in [0.15, 0.2) is 65.8 Å². The summed E-state index contributed by atoms with van der Waals surface area (Å²) >= 11 is 0. The molecule has 0 aromatic heterocycles. The molecule has 24 heavy (non-hydrogen) atoms. The summed E-state index contributed by atoms with van der Waals surface area (Å²) in [4.78, 5) is 14.5. The van der Waals surface area contributed by atoms with Crippen LogP contribution in [0.2, 0.25) is 0 Å². The fourth-order valence-electron chi connectivity index (χ4n) is 3.06. The van der Waals surface area contributed by atoms with Crippen molar-refractivity contribution in [2.45, 2.75) is 18.6 Å². The van der Waals surface area contributed by atoms with Crippen molar-refractivity contribution >= 4 is 12.2 Å². The molecule has 2 heterocycles. The van der Waals surface area contributed by atoms with Crippen molar-refractivity contribution in [1.82, 2.24) is 9.91 Å². The SMILES string of the molecule is O=C(N1CC(Oc2ccccc2)C1)N1N=CCC1c1ccccc1. The van der Waals surface area contributed by atoms with Gasteiger partial charge in [0, 0.05) is 12.6 Å². The highest BCUT2D eigenvalue weighted by Gasteiger charge is 2.38. The Kier molecular flexibility index (Phi) is 3.91. The van der Waals surface area contributed by atoms with Crippen LogP contribution in [0.5, 0.6) is 5.75 Å². The number of amides is 2. The predicted molar refractivity (Wildman–Crippen MR) is 92.0 cm³/mol. The second kappa shape index (κ2) is 6.35. The molecule has 1 fully saturated rings. The third-order valence-electron chi connectivity index (χ3n) is 4.37. The van der Waals surface area contributed by atoms with Crippen LogP contribution < -0.4 is 4.74 Å². The van der Waals surface area contributed by atoms with Gasteiger partial charge in [-0.1, -0.05) is 48.5 Å². The lowest BCUT2D eigenvalue weighted by molar-refractivity contribution is 0.0277. The van der Waals surface area contributed by atoms with Crippen LogP contribution in [-0.2, 0) is 0 Å². The predicted octanol–water partition coefficient (Wildman–Crippen LogP) is 3.30.